The number of ether oxygens (including phenoxy) is 1. The smallest absolute Gasteiger partial charge is 0.331 e. The van der Waals surface area contributed by atoms with E-state index in [1.807, 2.05) is 13.0 Å². The number of hydrogen-bond donors (Lipinski definition) is 1. The van der Waals surface area contributed by atoms with Crippen molar-refractivity contribution in [2.24, 2.45) is 5.92 Å². The van der Waals surface area contributed by atoms with Crippen molar-refractivity contribution in [3.8, 4) is 6.07 Å². The molecule has 1 N–H and O–H groups in total. The number of halogens is 1. The maximum absolute atomic E-state index is 13.3. The van der Waals surface area contributed by atoms with Gasteiger partial charge in [-0.2, -0.15) is 5.26 Å². The lowest BCUT2D eigenvalue weighted by atomic mass is 10.0. The molecule has 1 saturated carbocycles. The Kier molecular flexibility index (Phi) is 8.05. The molecule has 1 saturated heterocycles. The van der Waals surface area contributed by atoms with Crippen LogP contribution in [0.15, 0.2) is 46.0 Å². The fourth-order valence-corrected chi connectivity index (χ4v) is 5.33. The summed E-state index contributed by atoms with van der Waals surface area (Å²) in [5.41, 5.74) is 1.03. The number of amides is 2. The molecule has 0 radical (unpaired) electrons. The van der Waals surface area contributed by atoms with Crippen molar-refractivity contribution in [3.63, 3.8) is 0 Å². The van der Waals surface area contributed by atoms with Gasteiger partial charge in [-0.15, -0.1) is 0 Å². The van der Waals surface area contributed by atoms with Crippen molar-refractivity contribution in [2.75, 3.05) is 25.1 Å². The highest BCUT2D eigenvalue weighted by molar-refractivity contribution is 6.32. The minimum absolute atomic E-state index is 0.142. The molecule has 0 spiro atoms. The number of aromatic nitrogens is 2. The van der Waals surface area contributed by atoms with E-state index in [1.54, 1.807) is 33.7 Å². The first-order chi connectivity index (χ1) is 19.3. The number of aryl methyl sites for hydroxylation is 1. The first-order valence-electron chi connectivity index (χ1n) is 13.5. The lowest BCUT2D eigenvalue weighted by Crippen LogP contribution is -2.50. The number of hydrogen-bond acceptors (Lipinski definition) is 6. The highest BCUT2D eigenvalue weighted by atomic mass is 35.5. The van der Waals surface area contributed by atoms with Crippen molar-refractivity contribution < 1.29 is 14.3 Å². The summed E-state index contributed by atoms with van der Waals surface area (Å²) < 4.78 is 8.49. The summed E-state index contributed by atoms with van der Waals surface area (Å²) in [5, 5.41) is 12.5. The van der Waals surface area contributed by atoms with Gasteiger partial charge in [0.25, 0.3) is 5.56 Å². The Morgan fingerprint density at radius 1 is 1.15 bits per heavy atom. The number of nitrogens with one attached hydrogen (secondary N) is 1. The van der Waals surface area contributed by atoms with Crippen LogP contribution >= 0.6 is 11.6 Å². The Labute approximate surface area is 235 Å². The topological polar surface area (TPSA) is 126 Å². The highest BCUT2D eigenvalue weighted by Gasteiger charge is 2.29. The van der Waals surface area contributed by atoms with Crippen LogP contribution in [-0.2, 0) is 17.8 Å². The third-order valence-corrected chi connectivity index (χ3v) is 7.85. The molecule has 208 valence electrons. The molecule has 11 heteroatoms. The van der Waals surface area contributed by atoms with E-state index < -0.39 is 0 Å². The fraction of sp³-hybridized carbons (Fsp3) is 0.414. The van der Waals surface area contributed by atoms with E-state index in [4.69, 9.17) is 21.6 Å². The number of Topliss-reactive ketones (excluding diaryl/α,β-unsaturated/α-hetero) is 1. The Morgan fingerprint density at radius 2 is 1.95 bits per heavy atom. The Hall–Kier alpha value is -3.94. The van der Waals surface area contributed by atoms with Gasteiger partial charge in [0, 0.05) is 37.3 Å². The molecule has 1 aliphatic heterocycles. The second kappa shape index (κ2) is 11.7. The number of benzene rings is 2. The van der Waals surface area contributed by atoms with Crippen molar-refractivity contribution in [2.45, 2.75) is 51.7 Å². The molecule has 5 rings (SSSR count). The molecule has 1 aliphatic carbocycles. The number of fused-ring (bicyclic) bond motifs is 1. The van der Waals surface area contributed by atoms with Crippen LogP contribution in [0.1, 0.15) is 48.5 Å². The van der Waals surface area contributed by atoms with E-state index in [1.165, 1.54) is 16.7 Å². The van der Waals surface area contributed by atoms with Gasteiger partial charge in [-0.3, -0.25) is 18.7 Å². The van der Waals surface area contributed by atoms with Gasteiger partial charge in [-0.25, -0.2) is 9.59 Å². The Morgan fingerprint density at radius 3 is 2.65 bits per heavy atom. The number of carbonyl (C=O) groups is 2. The third-order valence-electron chi connectivity index (χ3n) is 7.53. The zero-order chi connectivity index (χ0) is 28.4. The standard InChI is InChI=1S/C29H30ClN5O5/c1-2-33-25-9-7-21(14-23(25)27(37)35(29(33)39)16-18-3-4-18)32-28(38)34-11-12-40-17-22(34)8-10-26(36)19-5-6-20(15-31)24(30)13-19/h5-7,9,13-14,18,22H,2-4,8,10-12,16-17H2,1H3,(H,32,38). The van der Waals surface area contributed by atoms with E-state index in [-0.39, 0.29) is 40.5 Å². The number of nitriles is 1. The van der Waals surface area contributed by atoms with Crippen molar-refractivity contribution in [3.05, 3.63) is 73.4 Å². The first kappa shape index (κ1) is 27.6. The van der Waals surface area contributed by atoms with Crippen LogP contribution in [0, 0.1) is 17.2 Å². The van der Waals surface area contributed by atoms with Crippen molar-refractivity contribution in [1.29, 1.82) is 5.26 Å². The van der Waals surface area contributed by atoms with Crippen LogP contribution in [0.25, 0.3) is 10.9 Å². The second-order valence-corrected chi connectivity index (χ2v) is 10.6. The molecule has 2 aliphatic rings. The van der Waals surface area contributed by atoms with Crippen molar-refractivity contribution >= 4 is 40.0 Å². The predicted molar refractivity (Wildman–Crippen MR) is 151 cm³/mol. The average Bonchev–Trinajstić information content (AvgIpc) is 3.79. The number of urea groups is 1. The molecule has 2 heterocycles. The zero-order valence-electron chi connectivity index (χ0n) is 22.2. The van der Waals surface area contributed by atoms with Gasteiger partial charge in [0.2, 0.25) is 0 Å². The fourth-order valence-electron chi connectivity index (χ4n) is 5.10. The highest BCUT2D eigenvalue weighted by Crippen LogP contribution is 2.30. The summed E-state index contributed by atoms with van der Waals surface area (Å²) >= 11 is 6.07. The number of nitrogens with zero attached hydrogens (tertiary/aromatic N) is 4. The first-order valence-corrected chi connectivity index (χ1v) is 13.8. The molecular weight excluding hydrogens is 534 g/mol. The maximum Gasteiger partial charge on any atom is 0.331 e. The SMILES string of the molecule is CCn1c(=O)n(CC2CC2)c(=O)c2cc(NC(=O)N3CCOCC3CCC(=O)c3ccc(C#N)c(Cl)c3)ccc21. The number of rotatable bonds is 8. The number of morpholine rings is 1. The molecule has 1 aromatic heterocycles. The minimum Gasteiger partial charge on any atom is -0.377 e. The summed E-state index contributed by atoms with van der Waals surface area (Å²) in [4.78, 5) is 53.9. The summed E-state index contributed by atoms with van der Waals surface area (Å²) in [6.07, 6.45) is 2.58. The summed E-state index contributed by atoms with van der Waals surface area (Å²) in [7, 11) is 0. The second-order valence-electron chi connectivity index (χ2n) is 10.2. The number of ketones is 1. The average molecular weight is 564 g/mol. The van der Waals surface area contributed by atoms with Crippen LogP contribution in [0.2, 0.25) is 5.02 Å². The van der Waals surface area contributed by atoms with E-state index in [0.717, 1.165) is 12.8 Å². The molecule has 1 atom stereocenters. The molecular formula is C29H30ClN5O5. The summed E-state index contributed by atoms with van der Waals surface area (Å²) in [6.45, 7) is 3.71. The normalized spacial score (nSPS) is 17.0. The van der Waals surface area contributed by atoms with Crippen molar-refractivity contribution in [1.82, 2.24) is 14.0 Å². The van der Waals surface area contributed by atoms with Crippen LogP contribution in [0.4, 0.5) is 10.5 Å². The van der Waals surface area contributed by atoms with E-state index in [9.17, 15) is 19.2 Å². The quantitative estimate of drug-likeness (QED) is 0.413. The predicted octanol–water partition coefficient (Wildman–Crippen LogP) is 4.01. The van der Waals surface area contributed by atoms with Gasteiger partial charge >= 0.3 is 11.7 Å². The van der Waals surface area contributed by atoms with Gasteiger partial charge in [0.1, 0.15) is 6.07 Å². The van der Waals surface area contributed by atoms with E-state index >= 15 is 0 Å². The molecule has 1 unspecified atom stereocenters. The largest absolute Gasteiger partial charge is 0.377 e. The van der Waals surface area contributed by atoms with Gasteiger partial charge in [-0.05, 0) is 68.5 Å². The molecule has 40 heavy (non-hydrogen) atoms. The maximum atomic E-state index is 13.3. The van der Waals surface area contributed by atoms with Crippen LogP contribution in [-0.4, -0.2) is 51.6 Å². The molecule has 2 fully saturated rings. The van der Waals surface area contributed by atoms with Crippen LogP contribution in [0.5, 0.6) is 0 Å². The number of anilines is 1. The molecule has 0 bridgehead atoms. The Bertz CT molecular complexity index is 1630. The summed E-state index contributed by atoms with van der Waals surface area (Å²) in [6, 6.07) is 10.9. The molecule has 2 aromatic carbocycles. The van der Waals surface area contributed by atoms with Gasteiger partial charge in [0.15, 0.2) is 5.78 Å². The van der Waals surface area contributed by atoms with Crippen LogP contribution in [0.3, 0.4) is 0 Å². The molecule has 3 aromatic rings. The lowest BCUT2D eigenvalue weighted by Gasteiger charge is -2.35. The monoisotopic (exact) mass is 563 g/mol. The zero-order valence-corrected chi connectivity index (χ0v) is 22.9. The van der Waals surface area contributed by atoms with Gasteiger partial charge in [-0.1, -0.05) is 11.6 Å². The number of carbonyl (C=O) groups excluding carboxylic acids is 2. The van der Waals surface area contributed by atoms with Crippen LogP contribution < -0.4 is 16.6 Å². The Balaban J connectivity index is 1.32. The lowest BCUT2D eigenvalue weighted by molar-refractivity contribution is 0.0122. The molecule has 10 nitrogen and oxygen atoms in total. The third kappa shape index (κ3) is 5.67. The summed E-state index contributed by atoms with van der Waals surface area (Å²) in [5.74, 6) is 0.214. The van der Waals surface area contributed by atoms with E-state index in [2.05, 4.69) is 5.32 Å². The van der Waals surface area contributed by atoms with Gasteiger partial charge < -0.3 is 15.0 Å². The van der Waals surface area contributed by atoms with E-state index in [0.29, 0.717) is 72.9 Å². The van der Waals surface area contributed by atoms with Gasteiger partial charge in [0.05, 0.1) is 40.7 Å². The minimum atomic E-state index is -0.358. The molecule has 2 amide bonds.